The number of likely N-dealkylation sites (tertiary alicyclic amines) is 1. The van der Waals surface area contributed by atoms with Gasteiger partial charge in [0.1, 0.15) is 13.1 Å². The Morgan fingerprint density at radius 3 is 2.39 bits per heavy atom. The van der Waals surface area contributed by atoms with Crippen LogP contribution in [-0.2, 0) is 4.79 Å². The molecule has 4 heteroatoms. The van der Waals surface area contributed by atoms with E-state index in [1.165, 1.54) is 11.3 Å². The minimum absolute atomic E-state index is 0.0712. The molecule has 106 valence electrons. The van der Waals surface area contributed by atoms with Crippen molar-refractivity contribution in [2.45, 2.75) is 33.2 Å². The summed E-state index contributed by atoms with van der Waals surface area (Å²) in [5.41, 5.74) is 0. The fourth-order valence-electron chi connectivity index (χ4n) is 2.85. The maximum atomic E-state index is 12.4. The molecule has 0 aromatic rings. The molecule has 0 radical (unpaired) electrons. The van der Waals surface area contributed by atoms with Crippen molar-refractivity contribution in [1.82, 2.24) is 4.90 Å². The number of amides is 1. The zero-order chi connectivity index (χ0) is 13.7. The van der Waals surface area contributed by atoms with Crippen LogP contribution in [0.3, 0.4) is 0 Å². The first-order valence-corrected chi connectivity index (χ1v) is 7.31. The summed E-state index contributed by atoms with van der Waals surface area (Å²) in [5.74, 6) is 1.62. The standard InChI is InChI=1S/C14H29N3O/c1-11-8-12(2)10-17(9-11)14(18)13(3)15-6-7-16(4)5/h11-13,15H,6-10H2,1-5H3/p+2/t11-,12+,13-/m1/s1. The molecule has 0 bridgehead atoms. The van der Waals surface area contributed by atoms with Crippen LogP contribution in [0.4, 0.5) is 0 Å². The largest absolute Gasteiger partial charge is 0.337 e. The lowest BCUT2D eigenvalue weighted by Crippen LogP contribution is -3.10. The van der Waals surface area contributed by atoms with Gasteiger partial charge in [0.05, 0.1) is 14.1 Å². The molecule has 0 aromatic carbocycles. The number of carbonyl (C=O) groups excluding carboxylic acids is 1. The minimum atomic E-state index is 0.0712. The second kappa shape index (κ2) is 7.10. The third-order valence-electron chi connectivity index (χ3n) is 3.73. The molecular weight excluding hydrogens is 226 g/mol. The zero-order valence-corrected chi connectivity index (χ0v) is 12.7. The monoisotopic (exact) mass is 257 g/mol. The van der Waals surface area contributed by atoms with Crippen LogP contribution in [0, 0.1) is 11.8 Å². The molecule has 0 saturated carbocycles. The molecule has 1 amide bonds. The summed E-state index contributed by atoms with van der Waals surface area (Å²) in [6.45, 7) is 10.6. The van der Waals surface area contributed by atoms with E-state index in [-0.39, 0.29) is 6.04 Å². The van der Waals surface area contributed by atoms with Crippen molar-refractivity contribution in [3.8, 4) is 0 Å². The molecule has 0 aliphatic carbocycles. The predicted molar refractivity (Wildman–Crippen MR) is 73.5 cm³/mol. The Morgan fingerprint density at radius 1 is 1.33 bits per heavy atom. The van der Waals surface area contributed by atoms with Gasteiger partial charge in [0.2, 0.25) is 0 Å². The van der Waals surface area contributed by atoms with Gasteiger partial charge in [0.15, 0.2) is 6.04 Å². The maximum Gasteiger partial charge on any atom is 0.280 e. The molecule has 1 saturated heterocycles. The molecule has 0 aromatic heterocycles. The molecule has 3 N–H and O–H groups in total. The lowest BCUT2D eigenvalue weighted by Gasteiger charge is -2.35. The van der Waals surface area contributed by atoms with Gasteiger partial charge in [-0.3, -0.25) is 4.79 Å². The van der Waals surface area contributed by atoms with Crippen LogP contribution >= 0.6 is 0 Å². The van der Waals surface area contributed by atoms with E-state index in [1.807, 2.05) is 6.92 Å². The molecule has 18 heavy (non-hydrogen) atoms. The number of likely N-dealkylation sites (N-methyl/N-ethyl adjacent to an activating group) is 1. The highest BCUT2D eigenvalue weighted by atomic mass is 16.2. The summed E-state index contributed by atoms with van der Waals surface area (Å²) in [6.07, 6.45) is 1.26. The highest BCUT2D eigenvalue weighted by Gasteiger charge is 2.29. The molecular formula is C14H31N3O+2. The first-order valence-electron chi connectivity index (χ1n) is 7.31. The Balaban J connectivity index is 2.38. The van der Waals surface area contributed by atoms with Crippen molar-refractivity contribution >= 4 is 5.91 Å². The lowest BCUT2D eigenvalue weighted by atomic mass is 9.91. The van der Waals surface area contributed by atoms with Gasteiger partial charge in [-0.1, -0.05) is 13.8 Å². The van der Waals surface area contributed by atoms with Gasteiger partial charge < -0.3 is 15.1 Å². The van der Waals surface area contributed by atoms with Crippen molar-refractivity contribution in [2.24, 2.45) is 11.8 Å². The fourth-order valence-corrected chi connectivity index (χ4v) is 2.85. The summed E-state index contributed by atoms with van der Waals surface area (Å²) in [7, 11) is 4.29. The van der Waals surface area contributed by atoms with Crippen molar-refractivity contribution in [1.29, 1.82) is 0 Å². The number of nitrogens with one attached hydrogen (secondary N) is 1. The molecule has 1 fully saturated rings. The number of hydrogen-bond donors (Lipinski definition) is 2. The second-order valence-electron chi connectivity index (χ2n) is 6.46. The highest BCUT2D eigenvalue weighted by molar-refractivity contribution is 5.80. The molecule has 4 nitrogen and oxygen atoms in total. The summed E-state index contributed by atoms with van der Waals surface area (Å²) in [4.78, 5) is 15.9. The summed E-state index contributed by atoms with van der Waals surface area (Å²) in [6, 6.07) is 0.0712. The normalized spacial score (nSPS) is 26.4. The summed E-state index contributed by atoms with van der Waals surface area (Å²) in [5, 5.41) is 2.18. The van der Waals surface area contributed by atoms with Crippen LogP contribution in [0.2, 0.25) is 0 Å². The van der Waals surface area contributed by atoms with E-state index >= 15 is 0 Å². The average molecular weight is 257 g/mol. The summed E-state index contributed by atoms with van der Waals surface area (Å²) < 4.78 is 0. The number of hydrogen-bond acceptors (Lipinski definition) is 1. The van der Waals surface area contributed by atoms with Gasteiger partial charge in [-0.05, 0) is 25.2 Å². The number of piperidine rings is 1. The van der Waals surface area contributed by atoms with E-state index in [0.717, 1.165) is 26.2 Å². The molecule has 1 aliphatic rings. The van der Waals surface area contributed by atoms with Crippen LogP contribution in [0.5, 0.6) is 0 Å². The maximum absolute atomic E-state index is 12.4. The Morgan fingerprint density at radius 2 is 1.89 bits per heavy atom. The summed E-state index contributed by atoms with van der Waals surface area (Å²) >= 11 is 0. The molecule has 3 atom stereocenters. The molecule has 0 spiro atoms. The predicted octanol–water partition coefficient (Wildman–Crippen LogP) is -1.41. The molecule has 1 heterocycles. The Labute approximate surface area is 112 Å². The Hall–Kier alpha value is -0.610. The minimum Gasteiger partial charge on any atom is -0.337 e. The lowest BCUT2D eigenvalue weighted by molar-refractivity contribution is -0.875. The number of nitrogens with two attached hydrogens (primary N) is 1. The first-order chi connectivity index (χ1) is 8.40. The number of rotatable bonds is 5. The van der Waals surface area contributed by atoms with Gasteiger partial charge in [-0.25, -0.2) is 0 Å². The van der Waals surface area contributed by atoms with Gasteiger partial charge in [-0.15, -0.1) is 0 Å². The van der Waals surface area contributed by atoms with Gasteiger partial charge in [-0.2, -0.15) is 0 Å². The smallest absolute Gasteiger partial charge is 0.280 e. The van der Waals surface area contributed by atoms with E-state index in [2.05, 4.69) is 38.2 Å². The van der Waals surface area contributed by atoms with E-state index in [1.54, 1.807) is 0 Å². The number of nitrogens with zero attached hydrogens (tertiary/aromatic N) is 1. The van der Waals surface area contributed by atoms with E-state index in [4.69, 9.17) is 0 Å². The zero-order valence-electron chi connectivity index (χ0n) is 12.7. The topological polar surface area (TPSA) is 41.4 Å². The number of quaternary nitrogens is 2. The number of carbonyl (C=O) groups is 1. The quantitative estimate of drug-likeness (QED) is 0.624. The van der Waals surface area contributed by atoms with Crippen LogP contribution in [0.1, 0.15) is 27.2 Å². The van der Waals surface area contributed by atoms with Gasteiger partial charge in [0, 0.05) is 13.1 Å². The van der Waals surface area contributed by atoms with E-state index in [9.17, 15) is 4.79 Å². The second-order valence-corrected chi connectivity index (χ2v) is 6.46. The van der Waals surface area contributed by atoms with Crippen molar-refractivity contribution in [2.75, 3.05) is 40.3 Å². The molecule has 1 aliphatic heterocycles. The van der Waals surface area contributed by atoms with Crippen molar-refractivity contribution in [3.63, 3.8) is 0 Å². The highest BCUT2D eigenvalue weighted by Crippen LogP contribution is 2.20. The van der Waals surface area contributed by atoms with Crippen LogP contribution in [0.25, 0.3) is 0 Å². The van der Waals surface area contributed by atoms with E-state index < -0.39 is 0 Å². The van der Waals surface area contributed by atoms with Crippen LogP contribution < -0.4 is 10.2 Å². The van der Waals surface area contributed by atoms with Gasteiger partial charge in [0.25, 0.3) is 5.91 Å². The first kappa shape index (κ1) is 15.4. The average Bonchev–Trinajstić information content (AvgIpc) is 2.26. The fraction of sp³-hybridized carbons (Fsp3) is 0.929. The van der Waals surface area contributed by atoms with Crippen LogP contribution in [-0.4, -0.2) is 57.1 Å². The SMILES string of the molecule is C[C@@H]1C[C@H](C)CN(C(=O)[C@@H](C)[NH2+]CC[NH+](C)C)C1. The van der Waals surface area contributed by atoms with E-state index in [0.29, 0.717) is 17.7 Å². The van der Waals surface area contributed by atoms with Crippen molar-refractivity contribution in [3.05, 3.63) is 0 Å². The third-order valence-corrected chi connectivity index (χ3v) is 3.73. The Kier molecular flexibility index (Phi) is 6.09. The van der Waals surface area contributed by atoms with Gasteiger partial charge >= 0.3 is 0 Å². The molecule has 0 unspecified atom stereocenters. The van der Waals surface area contributed by atoms with Crippen molar-refractivity contribution < 1.29 is 15.0 Å². The third kappa shape index (κ3) is 4.94. The van der Waals surface area contributed by atoms with Crippen LogP contribution in [0.15, 0.2) is 0 Å². The Bertz CT molecular complexity index is 258. The molecule has 1 rings (SSSR count).